The highest BCUT2D eigenvalue weighted by atomic mass is 16.5. The van der Waals surface area contributed by atoms with Crippen LogP contribution >= 0.6 is 0 Å². The van der Waals surface area contributed by atoms with Crippen molar-refractivity contribution in [2.45, 2.75) is 33.2 Å². The lowest BCUT2D eigenvalue weighted by Crippen LogP contribution is -2.47. The predicted octanol–water partition coefficient (Wildman–Crippen LogP) is 5.02. The summed E-state index contributed by atoms with van der Waals surface area (Å²) < 4.78 is 11.3. The maximum absolute atomic E-state index is 13.5. The van der Waals surface area contributed by atoms with E-state index in [2.05, 4.69) is 27.4 Å². The summed E-state index contributed by atoms with van der Waals surface area (Å²) in [5, 5.41) is 9.54. The number of aryl methyl sites for hydroxylation is 3. The zero-order valence-electron chi connectivity index (χ0n) is 24.1. The van der Waals surface area contributed by atoms with Crippen molar-refractivity contribution < 1.29 is 14.1 Å². The Morgan fingerprint density at radius 2 is 1.85 bits per heavy atom. The van der Waals surface area contributed by atoms with Gasteiger partial charge in [-0.3, -0.25) is 4.79 Å². The van der Waals surface area contributed by atoms with Gasteiger partial charge in [0.1, 0.15) is 28.8 Å². The monoisotopic (exact) mass is 553 g/mol. The molecular formula is C31H35N7O3. The van der Waals surface area contributed by atoms with Crippen molar-refractivity contribution in [1.82, 2.24) is 29.9 Å². The molecule has 0 bridgehead atoms. The molecule has 0 aliphatic carbocycles. The fourth-order valence-corrected chi connectivity index (χ4v) is 5.73. The number of aromatic amines is 1. The van der Waals surface area contributed by atoms with Crippen molar-refractivity contribution in [2.24, 2.45) is 0 Å². The topological polar surface area (TPSA) is 112 Å². The second kappa shape index (κ2) is 10.9. The van der Waals surface area contributed by atoms with Gasteiger partial charge in [0.2, 0.25) is 5.91 Å². The number of H-pyrrole nitrogens is 1. The number of hydrogen-bond donors (Lipinski definition) is 2. The van der Waals surface area contributed by atoms with Crippen LogP contribution < -0.4 is 10.1 Å². The number of nitrogens with one attached hydrogen (secondary N) is 2. The third-order valence-corrected chi connectivity index (χ3v) is 7.93. The Hall–Kier alpha value is -4.44. The van der Waals surface area contributed by atoms with Crippen LogP contribution in [0.15, 0.2) is 47.0 Å². The van der Waals surface area contributed by atoms with Crippen LogP contribution in [0.1, 0.15) is 35.3 Å². The summed E-state index contributed by atoms with van der Waals surface area (Å²) in [6.45, 7) is 8.94. The first-order chi connectivity index (χ1) is 19.8. The maximum Gasteiger partial charge on any atom is 0.225 e. The Morgan fingerprint density at radius 3 is 2.54 bits per heavy atom. The number of amides is 1. The summed E-state index contributed by atoms with van der Waals surface area (Å²) in [7, 11) is 3.75. The molecule has 41 heavy (non-hydrogen) atoms. The van der Waals surface area contributed by atoms with E-state index in [0.29, 0.717) is 29.5 Å². The lowest BCUT2D eigenvalue weighted by atomic mass is 10.0. The molecule has 1 saturated heterocycles. The van der Waals surface area contributed by atoms with Crippen LogP contribution in [0.4, 0.5) is 5.82 Å². The zero-order valence-corrected chi connectivity index (χ0v) is 24.1. The summed E-state index contributed by atoms with van der Waals surface area (Å²) in [5.41, 5.74) is 5.23. The van der Waals surface area contributed by atoms with Gasteiger partial charge in [-0.1, -0.05) is 35.5 Å². The van der Waals surface area contributed by atoms with E-state index in [9.17, 15) is 4.79 Å². The molecule has 10 heteroatoms. The highest BCUT2D eigenvalue weighted by Crippen LogP contribution is 2.41. The standard InChI is InChI=1S/C31H35N7O3/c1-18-28(19(2)41-36-18)23-15-25-22(16-26(23)40-5)29-30(32-20(3)33-31(29)35-25)34-24(21-9-7-6-8-10-21)17-27(39)38-13-11-37(4)12-14-38/h6-10,15-16,24H,11-14,17H2,1-5H3,(H2,32,33,34,35)/t24-/m1/s1. The average Bonchev–Trinajstić information content (AvgIpc) is 3.50. The normalized spacial score (nSPS) is 15.0. The van der Waals surface area contributed by atoms with Gasteiger partial charge in [-0.2, -0.15) is 0 Å². The summed E-state index contributed by atoms with van der Waals surface area (Å²) in [6.07, 6.45) is 0.320. The maximum atomic E-state index is 13.5. The van der Waals surface area contributed by atoms with Crippen molar-refractivity contribution in [3.05, 3.63) is 65.3 Å². The van der Waals surface area contributed by atoms with E-state index >= 15 is 0 Å². The number of carbonyl (C=O) groups excluding carboxylic acids is 1. The lowest BCUT2D eigenvalue weighted by molar-refractivity contribution is -0.133. The first-order valence-electron chi connectivity index (χ1n) is 13.9. The summed E-state index contributed by atoms with van der Waals surface area (Å²) >= 11 is 0. The highest BCUT2D eigenvalue weighted by Gasteiger charge is 2.26. The van der Waals surface area contributed by atoms with Gasteiger partial charge in [-0.05, 0) is 45.5 Å². The van der Waals surface area contributed by atoms with Gasteiger partial charge >= 0.3 is 0 Å². The van der Waals surface area contributed by atoms with Crippen LogP contribution in [0, 0.1) is 20.8 Å². The molecular weight excluding hydrogens is 518 g/mol. The molecule has 0 unspecified atom stereocenters. The molecule has 1 aliphatic heterocycles. The van der Waals surface area contributed by atoms with Gasteiger partial charge in [0.25, 0.3) is 0 Å². The molecule has 0 radical (unpaired) electrons. The van der Waals surface area contributed by atoms with Crippen LogP contribution in [0.5, 0.6) is 5.75 Å². The number of benzene rings is 2. The Labute approximate surface area is 238 Å². The summed E-state index contributed by atoms with van der Waals surface area (Å²) in [4.78, 5) is 30.7. The van der Waals surface area contributed by atoms with E-state index in [-0.39, 0.29) is 11.9 Å². The average molecular weight is 554 g/mol. The summed E-state index contributed by atoms with van der Waals surface area (Å²) in [6, 6.07) is 13.9. The minimum atomic E-state index is -0.269. The van der Waals surface area contributed by atoms with Crippen LogP contribution in [0.3, 0.4) is 0 Å². The first-order valence-corrected chi connectivity index (χ1v) is 13.9. The Bertz CT molecular complexity index is 1700. The van der Waals surface area contributed by atoms with E-state index in [0.717, 1.165) is 70.6 Å². The molecule has 10 nitrogen and oxygen atoms in total. The zero-order chi connectivity index (χ0) is 28.7. The van der Waals surface area contributed by atoms with Crippen molar-refractivity contribution >= 4 is 33.7 Å². The van der Waals surface area contributed by atoms with Gasteiger partial charge in [0, 0.05) is 42.6 Å². The fraction of sp³-hybridized carbons (Fsp3) is 0.355. The number of nitrogens with zero attached hydrogens (tertiary/aromatic N) is 5. The van der Waals surface area contributed by atoms with Crippen LogP contribution in [0.2, 0.25) is 0 Å². The molecule has 212 valence electrons. The number of fused-ring (bicyclic) bond motifs is 3. The number of methoxy groups -OCH3 is 1. The van der Waals surface area contributed by atoms with Gasteiger partial charge in [-0.15, -0.1) is 0 Å². The van der Waals surface area contributed by atoms with Gasteiger partial charge in [0.05, 0.1) is 36.2 Å². The van der Waals surface area contributed by atoms with Crippen molar-refractivity contribution in [3.8, 4) is 16.9 Å². The first kappa shape index (κ1) is 26.8. The number of piperazine rings is 1. The fourth-order valence-electron chi connectivity index (χ4n) is 5.73. The number of hydrogen-bond acceptors (Lipinski definition) is 8. The molecule has 2 N–H and O–H groups in total. The van der Waals surface area contributed by atoms with E-state index in [1.54, 1.807) is 7.11 Å². The Morgan fingerprint density at radius 1 is 1.10 bits per heavy atom. The molecule has 3 aromatic heterocycles. The molecule has 2 aromatic carbocycles. The molecule has 5 aromatic rings. The molecule has 1 atom stereocenters. The third-order valence-electron chi connectivity index (χ3n) is 7.93. The Balaban J connectivity index is 1.43. The number of aromatic nitrogens is 4. The van der Waals surface area contributed by atoms with Crippen LogP contribution in [0.25, 0.3) is 33.1 Å². The molecule has 0 spiro atoms. The number of anilines is 1. The van der Waals surface area contributed by atoms with Gasteiger partial charge in [0.15, 0.2) is 0 Å². The highest BCUT2D eigenvalue weighted by molar-refractivity contribution is 6.13. The second-order valence-corrected chi connectivity index (χ2v) is 10.8. The molecule has 1 fully saturated rings. The largest absolute Gasteiger partial charge is 0.496 e. The van der Waals surface area contributed by atoms with Crippen molar-refractivity contribution in [2.75, 3.05) is 45.7 Å². The quantitative estimate of drug-likeness (QED) is 0.289. The third kappa shape index (κ3) is 5.11. The smallest absolute Gasteiger partial charge is 0.225 e. The number of ether oxygens (including phenoxy) is 1. The van der Waals surface area contributed by atoms with Gasteiger partial charge < -0.3 is 29.4 Å². The predicted molar refractivity (Wildman–Crippen MR) is 159 cm³/mol. The molecule has 1 amide bonds. The van der Waals surface area contributed by atoms with Gasteiger partial charge in [-0.25, -0.2) is 9.97 Å². The van der Waals surface area contributed by atoms with Crippen LogP contribution in [-0.2, 0) is 4.79 Å². The number of rotatable bonds is 7. The minimum Gasteiger partial charge on any atom is -0.496 e. The molecule has 4 heterocycles. The number of carbonyl (C=O) groups is 1. The van der Waals surface area contributed by atoms with E-state index < -0.39 is 0 Å². The molecule has 0 saturated carbocycles. The van der Waals surface area contributed by atoms with E-state index in [1.807, 2.05) is 68.1 Å². The van der Waals surface area contributed by atoms with E-state index in [4.69, 9.17) is 19.2 Å². The second-order valence-electron chi connectivity index (χ2n) is 10.8. The van der Waals surface area contributed by atoms with Crippen molar-refractivity contribution in [1.29, 1.82) is 0 Å². The van der Waals surface area contributed by atoms with Crippen LogP contribution in [-0.4, -0.2) is 76.2 Å². The SMILES string of the molecule is COc1cc2c(cc1-c1c(C)noc1C)[nH]c1nc(C)nc(N[C@H](CC(=O)N3CCN(C)CC3)c3ccccc3)c12. The van der Waals surface area contributed by atoms with E-state index in [1.165, 1.54) is 0 Å². The minimum absolute atomic E-state index is 0.131. The number of likely N-dealkylation sites (N-methyl/N-ethyl adjacent to an activating group) is 1. The lowest BCUT2D eigenvalue weighted by Gasteiger charge is -2.33. The molecule has 1 aliphatic rings. The Kier molecular flexibility index (Phi) is 7.08. The molecule has 6 rings (SSSR count). The summed E-state index contributed by atoms with van der Waals surface area (Å²) in [5.74, 6) is 2.85. The van der Waals surface area contributed by atoms with Crippen molar-refractivity contribution in [3.63, 3.8) is 0 Å².